The van der Waals surface area contributed by atoms with Gasteiger partial charge < -0.3 is 4.57 Å². The van der Waals surface area contributed by atoms with E-state index in [1.165, 1.54) is 4.57 Å². The molecule has 0 atom stereocenters. The Hall–Kier alpha value is -4.19. The third-order valence-electron chi connectivity index (χ3n) is 5.30. The highest BCUT2D eigenvalue weighted by Gasteiger charge is 2.19. The molecule has 0 aliphatic rings. The van der Waals surface area contributed by atoms with Crippen LogP contribution in [0.25, 0.3) is 16.9 Å². The molecule has 6 heteroatoms. The first-order valence-corrected chi connectivity index (χ1v) is 10.1. The molecule has 152 valence electrons. The van der Waals surface area contributed by atoms with Gasteiger partial charge in [0.05, 0.1) is 18.6 Å². The number of benzene rings is 3. The molecular weight excluding hydrogens is 388 g/mol. The molecule has 0 saturated heterocycles. The second kappa shape index (κ2) is 7.91. The summed E-state index contributed by atoms with van der Waals surface area (Å²) in [5.41, 5.74) is 2.57. The second-order valence-corrected chi connectivity index (χ2v) is 7.36. The van der Waals surface area contributed by atoms with Crippen LogP contribution in [0.5, 0.6) is 0 Å². The molecule has 0 N–H and O–H groups in total. The predicted octanol–water partition coefficient (Wildman–Crippen LogP) is 3.45. The maximum absolute atomic E-state index is 13.5. The van der Waals surface area contributed by atoms with Gasteiger partial charge in [0.15, 0.2) is 11.2 Å². The van der Waals surface area contributed by atoms with E-state index in [1.54, 1.807) is 23.0 Å². The van der Waals surface area contributed by atoms with E-state index in [-0.39, 0.29) is 5.56 Å². The van der Waals surface area contributed by atoms with Gasteiger partial charge in [-0.2, -0.15) is 0 Å². The van der Waals surface area contributed by atoms with Gasteiger partial charge in [0.2, 0.25) is 0 Å². The first-order chi connectivity index (χ1) is 15.2. The number of hydrogen-bond donors (Lipinski definition) is 0. The monoisotopic (exact) mass is 408 g/mol. The van der Waals surface area contributed by atoms with Crippen LogP contribution in [0.4, 0.5) is 0 Å². The molecular formula is C25H20N4O2. The normalized spacial score (nSPS) is 11.1. The lowest BCUT2D eigenvalue weighted by atomic mass is 10.2. The summed E-state index contributed by atoms with van der Waals surface area (Å²) in [6, 6.07) is 28.6. The van der Waals surface area contributed by atoms with E-state index in [9.17, 15) is 9.59 Å². The molecule has 0 aliphatic heterocycles. The van der Waals surface area contributed by atoms with Gasteiger partial charge in [-0.05, 0) is 23.3 Å². The Morgan fingerprint density at radius 1 is 0.677 bits per heavy atom. The zero-order valence-corrected chi connectivity index (χ0v) is 16.8. The molecule has 5 rings (SSSR count). The van der Waals surface area contributed by atoms with Crippen molar-refractivity contribution >= 4 is 11.2 Å². The van der Waals surface area contributed by atoms with Crippen LogP contribution in [0.1, 0.15) is 11.1 Å². The smallest absolute Gasteiger partial charge is 0.320 e. The van der Waals surface area contributed by atoms with E-state index in [2.05, 4.69) is 4.98 Å². The fourth-order valence-electron chi connectivity index (χ4n) is 3.81. The molecule has 0 amide bonds. The number of fused-ring (bicyclic) bond motifs is 1. The van der Waals surface area contributed by atoms with E-state index >= 15 is 0 Å². The lowest BCUT2D eigenvalue weighted by Crippen LogP contribution is -2.39. The first kappa shape index (κ1) is 18.8. The minimum atomic E-state index is -0.405. The van der Waals surface area contributed by atoms with Crippen molar-refractivity contribution in [1.82, 2.24) is 18.7 Å². The fraction of sp³-hybridized carbons (Fsp3) is 0.0800. The van der Waals surface area contributed by atoms with Crippen molar-refractivity contribution in [3.8, 4) is 5.69 Å². The zero-order chi connectivity index (χ0) is 21.2. The van der Waals surface area contributed by atoms with E-state index in [0.29, 0.717) is 29.9 Å². The van der Waals surface area contributed by atoms with E-state index in [1.807, 2.05) is 83.4 Å². The van der Waals surface area contributed by atoms with Crippen LogP contribution >= 0.6 is 0 Å². The SMILES string of the molecule is O=c1c2c(ncn2Cc2ccccc2)n(Cc2ccccc2)c(=O)n1-c1ccccc1. The quantitative estimate of drug-likeness (QED) is 0.448. The van der Waals surface area contributed by atoms with Gasteiger partial charge in [0.1, 0.15) is 0 Å². The standard InChI is InChI=1S/C25H20N4O2/c30-24-22-23(26-18-27(22)16-19-10-4-1-5-11-19)28(17-20-12-6-2-7-13-20)25(31)29(24)21-14-8-3-9-15-21/h1-15,18H,16-17H2. The van der Waals surface area contributed by atoms with Gasteiger partial charge in [0.25, 0.3) is 5.56 Å². The van der Waals surface area contributed by atoms with Crippen LogP contribution in [0, 0.1) is 0 Å². The van der Waals surface area contributed by atoms with Crippen molar-refractivity contribution < 1.29 is 0 Å². The molecule has 0 saturated carbocycles. The van der Waals surface area contributed by atoms with E-state index < -0.39 is 5.69 Å². The summed E-state index contributed by atoms with van der Waals surface area (Å²) in [5.74, 6) is 0. The summed E-state index contributed by atoms with van der Waals surface area (Å²) in [5, 5.41) is 0. The summed E-state index contributed by atoms with van der Waals surface area (Å²) in [7, 11) is 0. The molecule has 2 aromatic heterocycles. The van der Waals surface area contributed by atoms with Crippen LogP contribution in [0.15, 0.2) is 107 Å². The number of aromatic nitrogens is 4. The lowest BCUT2D eigenvalue weighted by molar-refractivity contribution is 0.704. The topological polar surface area (TPSA) is 61.8 Å². The number of rotatable bonds is 5. The first-order valence-electron chi connectivity index (χ1n) is 10.1. The highest BCUT2D eigenvalue weighted by Crippen LogP contribution is 2.13. The predicted molar refractivity (Wildman–Crippen MR) is 121 cm³/mol. The van der Waals surface area contributed by atoms with Crippen molar-refractivity contribution in [1.29, 1.82) is 0 Å². The number of imidazole rings is 1. The Morgan fingerprint density at radius 3 is 1.84 bits per heavy atom. The van der Waals surface area contributed by atoms with Crippen LogP contribution in [-0.4, -0.2) is 18.7 Å². The maximum atomic E-state index is 13.5. The molecule has 0 unspecified atom stereocenters. The molecule has 31 heavy (non-hydrogen) atoms. The van der Waals surface area contributed by atoms with E-state index in [0.717, 1.165) is 11.1 Å². The third kappa shape index (κ3) is 3.48. The third-order valence-corrected chi connectivity index (χ3v) is 5.30. The van der Waals surface area contributed by atoms with Crippen LogP contribution in [0.2, 0.25) is 0 Å². The summed E-state index contributed by atoms with van der Waals surface area (Å²) in [4.78, 5) is 31.4. The minimum absolute atomic E-state index is 0.325. The molecule has 0 radical (unpaired) electrons. The Kier molecular flexibility index (Phi) is 4.80. The van der Waals surface area contributed by atoms with Crippen molar-refractivity contribution in [2.24, 2.45) is 0 Å². The molecule has 0 aliphatic carbocycles. The van der Waals surface area contributed by atoms with Gasteiger partial charge >= 0.3 is 5.69 Å². The molecule has 3 aromatic carbocycles. The fourth-order valence-corrected chi connectivity index (χ4v) is 3.81. The lowest BCUT2D eigenvalue weighted by Gasteiger charge is -2.13. The summed E-state index contributed by atoms with van der Waals surface area (Å²) < 4.78 is 4.61. The van der Waals surface area contributed by atoms with Crippen LogP contribution < -0.4 is 11.2 Å². The molecule has 0 fully saturated rings. The average molecular weight is 408 g/mol. The van der Waals surface area contributed by atoms with E-state index in [4.69, 9.17) is 0 Å². The van der Waals surface area contributed by atoms with Crippen LogP contribution in [-0.2, 0) is 13.1 Å². The Morgan fingerprint density at radius 2 is 1.23 bits per heavy atom. The molecule has 5 aromatic rings. The number of hydrogen-bond acceptors (Lipinski definition) is 3. The van der Waals surface area contributed by atoms with Gasteiger partial charge in [-0.1, -0.05) is 78.9 Å². The molecule has 6 nitrogen and oxygen atoms in total. The van der Waals surface area contributed by atoms with Gasteiger partial charge in [0, 0.05) is 6.54 Å². The number of para-hydroxylation sites is 1. The summed E-state index contributed by atoms with van der Waals surface area (Å²) in [6.07, 6.45) is 1.63. The maximum Gasteiger partial charge on any atom is 0.337 e. The highest BCUT2D eigenvalue weighted by molar-refractivity contribution is 5.71. The largest absolute Gasteiger partial charge is 0.337 e. The van der Waals surface area contributed by atoms with Crippen molar-refractivity contribution in [2.75, 3.05) is 0 Å². The molecule has 0 bridgehead atoms. The van der Waals surface area contributed by atoms with Gasteiger partial charge in [-0.25, -0.2) is 14.3 Å². The Balaban J connectivity index is 1.77. The average Bonchev–Trinajstić information content (AvgIpc) is 3.22. The van der Waals surface area contributed by atoms with Crippen molar-refractivity contribution in [3.63, 3.8) is 0 Å². The minimum Gasteiger partial charge on any atom is -0.320 e. The summed E-state index contributed by atoms with van der Waals surface area (Å²) in [6.45, 7) is 0.816. The highest BCUT2D eigenvalue weighted by atomic mass is 16.2. The van der Waals surface area contributed by atoms with Crippen molar-refractivity contribution in [3.05, 3.63) is 129 Å². The van der Waals surface area contributed by atoms with Crippen molar-refractivity contribution in [2.45, 2.75) is 13.1 Å². The number of nitrogens with zero attached hydrogens (tertiary/aromatic N) is 4. The summed E-state index contributed by atoms with van der Waals surface area (Å²) >= 11 is 0. The Labute approximate surface area is 178 Å². The van der Waals surface area contributed by atoms with Gasteiger partial charge in [-0.3, -0.25) is 9.36 Å². The second-order valence-electron chi connectivity index (χ2n) is 7.36. The zero-order valence-electron chi connectivity index (χ0n) is 16.8. The Bertz CT molecular complexity index is 1450. The van der Waals surface area contributed by atoms with Gasteiger partial charge in [-0.15, -0.1) is 0 Å². The molecule has 2 heterocycles. The molecule has 0 spiro atoms. The van der Waals surface area contributed by atoms with Crippen LogP contribution in [0.3, 0.4) is 0 Å².